The number of carbonyl (C=O) groups excluding carboxylic acids is 1. The number of benzene rings is 1. The van der Waals surface area contributed by atoms with Crippen molar-refractivity contribution < 1.29 is 9.21 Å². The molecular weight excluding hydrogens is 264 g/mol. The first-order valence-electron chi connectivity index (χ1n) is 6.70. The number of rotatable bonds is 4. The fraction of sp³-hybridized carbons (Fsp3) is 0.176. The first-order chi connectivity index (χ1) is 10.1. The number of allylic oxidation sites excluding steroid dienone is 1. The molecule has 1 aromatic carbocycles. The summed E-state index contributed by atoms with van der Waals surface area (Å²) in [5.74, 6) is 1.03. The zero-order chi connectivity index (χ0) is 15.2. The zero-order valence-electron chi connectivity index (χ0n) is 12.4. The van der Waals surface area contributed by atoms with Crippen LogP contribution in [0.1, 0.15) is 34.4 Å². The average molecular weight is 282 g/mol. The van der Waals surface area contributed by atoms with Gasteiger partial charge in [-0.25, -0.2) is 5.43 Å². The highest BCUT2D eigenvalue weighted by Crippen LogP contribution is 2.13. The SMILES string of the molecule is CC(/C=N\NC(=O)c1cc(C)oc1C)=C\c1ccccc1. The van der Waals surface area contributed by atoms with Gasteiger partial charge in [-0.2, -0.15) is 5.10 Å². The van der Waals surface area contributed by atoms with Crippen LogP contribution in [0, 0.1) is 13.8 Å². The molecule has 1 heterocycles. The molecule has 0 saturated carbocycles. The second-order valence-corrected chi connectivity index (χ2v) is 4.83. The van der Waals surface area contributed by atoms with Crippen molar-refractivity contribution >= 4 is 18.2 Å². The molecule has 21 heavy (non-hydrogen) atoms. The van der Waals surface area contributed by atoms with E-state index in [1.807, 2.05) is 43.3 Å². The molecule has 0 aliphatic carbocycles. The fourth-order valence-electron chi connectivity index (χ4n) is 1.96. The Hall–Kier alpha value is -2.62. The van der Waals surface area contributed by atoms with Crippen molar-refractivity contribution in [1.82, 2.24) is 5.43 Å². The zero-order valence-corrected chi connectivity index (χ0v) is 12.4. The maximum absolute atomic E-state index is 11.9. The Kier molecular flexibility index (Phi) is 4.72. The van der Waals surface area contributed by atoms with Crippen molar-refractivity contribution in [2.24, 2.45) is 5.10 Å². The van der Waals surface area contributed by atoms with Crippen LogP contribution in [0.2, 0.25) is 0 Å². The first-order valence-corrected chi connectivity index (χ1v) is 6.70. The van der Waals surface area contributed by atoms with E-state index >= 15 is 0 Å². The number of hydrogen-bond donors (Lipinski definition) is 1. The monoisotopic (exact) mass is 282 g/mol. The highest BCUT2D eigenvalue weighted by atomic mass is 16.3. The number of aryl methyl sites for hydroxylation is 2. The summed E-state index contributed by atoms with van der Waals surface area (Å²) in [4.78, 5) is 11.9. The summed E-state index contributed by atoms with van der Waals surface area (Å²) in [7, 11) is 0. The number of nitrogens with one attached hydrogen (secondary N) is 1. The second-order valence-electron chi connectivity index (χ2n) is 4.83. The van der Waals surface area contributed by atoms with Crippen molar-refractivity contribution in [3.63, 3.8) is 0 Å². The minimum Gasteiger partial charge on any atom is -0.466 e. The molecule has 2 rings (SSSR count). The molecule has 0 saturated heterocycles. The van der Waals surface area contributed by atoms with Crippen LogP contribution in [0.4, 0.5) is 0 Å². The number of hydrazone groups is 1. The number of hydrogen-bond acceptors (Lipinski definition) is 3. The average Bonchev–Trinajstić information content (AvgIpc) is 2.79. The lowest BCUT2D eigenvalue weighted by atomic mass is 10.1. The van der Waals surface area contributed by atoms with Gasteiger partial charge in [0, 0.05) is 0 Å². The molecule has 0 aliphatic rings. The molecule has 2 aromatic rings. The van der Waals surface area contributed by atoms with Gasteiger partial charge in [0.05, 0.1) is 11.8 Å². The largest absolute Gasteiger partial charge is 0.466 e. The molecule has 0 atom stereocenters. The predicted molar refractivity (Wildman–Crippen MR) is 84.2 cm³/mol. The summed E-state index contributed by atoms with van der Waals surface area (Å²) in [5.41, 5.74) is 5.05. The van der Waals surface area contributed by atoms with Gasteiger partial charge in [0.1, 0.15) is 11.5 Å². The van der Waals surface area contributed by atoms with Gasteiger partial charge in [0.2, 0.25) is 0 Å². The Morgan fingerprint density at radius 2 is 1.95 bits per heavy atom. The van der Waals surface area contributed by atoms with E-state index in [4.69, 9.17) is 4.42 Å². The highest BCUT2D eigenvalue weighted by Gasteiger charge is 2.12. The number of nitrogens with zero attached hydrogens (tertiary/aromatic N) is 1. The Bertz CT molecular complexity index is 682. The van der Waals surface area contributed by atoms with Crippen molar-refractivity contribution in [1.29, 1.82) is 0 Å². The molecule has 1 aromatic heterocycles. The molecular formula is C17H18N2O2. The van der Waals surface area contributed by atoms with Gasteiger partial charge in [-0.3, -0.25) is 4.79 Å². The first kappa shape index (κ1) is 14.8. The van der Waals surface area contributed by atoms with E-state index in [0.29, 0.717) is 17.1 Å². The molecule has 4 nitrogen and oxygen atoms in total. The maximum atomic E-state index is 11.9. The molecule has 0 spiro atoms. The molecule has 1 N–H and O–H groups in total. The molecule has 108 valence electrons. The van der Waals surface area contributed by atoms with Crippen LogP contribution >= 0.6 is 0 Å². The third kappa shape index (κ3) is 4.18. The van der Waals surface area contributed by atoms with E-state index in [9.17, 15) is 4.79 Å². The second kappa shape index (κ2) is 6.70. The minimum atomic E-state index is -0.270. The molecule has 0 fully saturated rings. The van der Waals surface area contributed by atoms with Gasteiger partial charge >= 0.3 is 0 Å². The predicted octanol–water partition coefficient (Wildman–Crippen LogP) is 3.72. The third-order valence-corrected chi connectivity index (χ3v) is 2.91. The quantitative estimate of drug-likeness (QED) is 0.686. The molecule has 0 unspecified atom stereocenters. The Labute approximate surface area is 124 Å². The van der Waals surface area contributed by atoms with Crippen LogP contribution in [0.5, 0.6) is 0 Å². The van der Waals surface area contributed by atoms with Gasteiger partial charge < -0.3 is 4.42 Å². The highest BCUT2D eigenvalue weighted by molar-refractivity contribution is 5.96. The van der Waals surface area contributed by atoms with Crippen LogP contribution < -0.4 is 5.43 Å². The van der Waals surface area contributed by atoms with Crippen molar-refractivity contribution in [2.45, 2.75) is 20.8 Å². The van der Waals surface area contributed by atoms with E-state index in [0.717, 1.165) is 11.1 Å². The van der Waals surface area contributed by atoms with Crippen molar-refractivity contribution in [2.75, 3.05) is 0 Å². The summed E-state index contributed by atoms with van der Waals surface area (Å²) < 4.78 is 5.32. The van der Waals surface area contributed by atoms with Gasteiger partial charge in [-0.15, -0.1) is 0 Å². The lowest BCUT2D eigenvalue weighted by Gasteiger charge is -1.98. The number of furan rings is 1. The molecule has 0 aliphatic heterocycles. The van der Waals surface area contributed by atoms with Crippen molar-refractivity contribution in [3.8, 4) is 0 Å². The Balaban J connectivity index is 1.97. The van der Waals surface area contributed by atoms with Gasteiger partial charge in [0.25, 0.3) is 5.91 Å². The van der Waals surface area contributed by atoms with Crippen LogP contribution in [0.15, 0.2) is 51.5 Å². The molecule has 1 amide bonds. The van der Waals surface area contributed by atoms with Crippen LogP contribution in [0.3, 0.4) is 0 Å². The standard InChI is InChI=1S/C17H18N2O2/c1-12(9-15-7-5-4-6-8-15)11-18-19-17(20)16-10-13(2)21-14(16)3/h4-11H,1-3H3,(H,19,20)/b12-9+,18-11-. The number of amides is 1. The minimum absolute atomic E-state index is 0.270. The van der Waals surface area contributed by atoms with Crippen LogP contribution in [0.25, 0.3) is 6.08 Å². The van der Waals surface area contributed by atoms with Crippen LogP contribution in [-0.4, -0.2) is 12.1 Å². The summed E-state index contributed by atoms with van der Waals surface area (Å²) in [6.07, 6.45) is 3.61. The van der Waals surface area contributed by atoms with Gasteiger partial charge in [-0.1, -0.05) is 36.4 Å². The Morgan fingerprint density at radius 1 is 1.24 bits per heavy atom. The molecule has 4 heteroatoms. The lowest BCUT2D eigenvalue weighted by molar-refractivity contribution is 0.0953. The lowest BCUT2D eigenvalue weighted by Crippen LogP contribution is -2.17. The molecule has 0 radical (unpaired) electrons. The van der Waals surface area contributed by atoms with E-state index < -0.39 is 0 Å². The summed E-state index contributed by atoms with van der Waals surface area (Å²) in [6, 6.07) is 11.6. The van der Waals surface area contributed by atoms with E-state index in [1.165, 1.54) is 0 Å². The third-order valence-electron chi connectivity index (χ3n) is 2.91. The number of carbonyl (C=O) groups is 1. The van der Waals surface area contributed by atoms with Crippen LogP contribution in [-0.2, 0) is 0 Å². The molecule has 0 bridgehead atoms. The maximum Gasteiger partial charge on any atom is 0.274 e. The smallest absolute Gasteiger partial charge is 0.274 e. The summed E-state index contributed by atoms with van der Waals surface area (Å²) in [6.45, 7) is 5.49. The van der Waals surface area contributed by atoms with E-state index in [-0.39, 0.29) is 5.91 Å². The van der Waals surface area contributed by atoms with Gasteiger partial charge in [0.15, 0.2) is 0 Å². The topological polar surface area (TPSA) is 54.6 Å². The fourth-order valence-corrected chi connectivity index (χ4v) is 1.96. The summed E-state index contributed by atoms with van der Waals surface area (Å²) >= 11 is 0. The van der Waals surface area contributed by atoms with Gasteiger partial charge in [-0.05, 0) is 38.0 Å². The van der Waals surface area contributed by atoms with Crippen molar-refractivity contribution in [3.05, 3.63) is 64.6 Å². The summed E-state index contributed by atoms with van der Waals surface area (Å²) in [5, 5.41) is 3.96. The Morgan fingerprint density at radius 3 is 2.57 bits per heavy atom. The van der Waals surface area contributed by atoms with E-state index in [1.54, 1.807) is 26.1 Å². The normalized spacial score (nSPS) is 11.9. The van der Waals surface area contributed by atoms with E-state index in [2.05, 4.69) is 10.5 Å².